The Morgan fingerprint density at radius 1 is 1.03 bits per heavy atom. The molecule has 1 atom stereocenters. The summed E-state index contributed by atoms with van der Waals surface area (Å²) in [7, 11) is 3.26. The molecule has 1 aromatic heterocycles. The maximum absolute atomic E-state index is 12.9. The molecule has 1 aliphatic carbocycles. The maximum atomic E-state index is 12.9. The average molecular weight is 456 g/mol. The van der Waals surface area contributed by atoms with Crippen molar-refractivity contribution < 1.29 is 14.3 Å². The molecule has 0 radical (unpaired) electrons. The third kappa shape index (κ3) is 4.81. The van der Waals surface area contributed by atoms with Crippen LogP contribution in [0, 0.1) is 5.92 Å². The Morgan fingerprint density at radius 2 is 1.71 bits per heavy atom. The van der Waals surface area contributed by atoms with Crippen LogP contribution in [0.3, 0.4) is 0 Å². The van der Waals surface area contributed by atoms with E-state index in [1.807, 2.05) is 78.5 Å². The molecule has 6 nitrogen and oxygen atoms in total. The van der Waals surface area contributed by atoms with Crippen molar-refractivity contribution in [2.75, 3.05) is 18.2 Å². The standard InChI is InChI=1S/C28H29N3O3/c1-4-5-20-14-21(15-25(20)28(33)34-3)18-8-12-24(13-9-18)30-27(32)26-16-22(17-31(26)2)19-6-10-23(29)11-7-19/h6-17,20H,4-5,29H2,1-3H3,(H,30,32). The third-order valence-electron chi connectivity index (χ3n) is 6.07. The van der Waals surface area contributed by atoms with E-state index in [2.05, 4.69) is 18.3 Å². The fourth-order valence-corrected chi connectivity index (χ4v) is 4.25. The molecular weight excluding hydrogens is 426 g/mol. The minimum absolute atomic E-state index is 0.0689. The number of aryl methyl sites for hydroxylation is 1. The van der Waals surface area contributed by atoms with Gasteiger partial charge in [-0.25, -0.2) is 4.79 Å². The van der Waals surface area contributed by atoms with Gasteiger partial charge in [-0.2, -0.15) is 0 Å². The Bertz CT molecular complexity index is 1270. The zero-order valence-corrected chi connectivity index (χ0v) is 19.7. The van der Waals surface area contributed by atoms with Crippen molar-refractivity contribution in [3.63, 3.8) is 0 Å². The van der Waals surface area contributed by atoms with Crippen LogP contribution in [0.5, 0.6) is 0 Å². The van der Waals surface area contributed by atoms with Crippen molar-refractivity contribution in [1.82, 2.24) is 4.57 Å². The summed E-state index contributed by atoms with van der Waals surface area (Å²) in [4.78, 5) is 25.1. The Morgan fingerprint density at radius 3 is 2.35 bits per heavy atom. The molecule has 2 aromatic carbocycles. The van der Waals surface area contributed by atoms with E-state index >= 15 is 0 Å². The van der Waals surface area contributed by atoms with Gasteiger partial charge in [0.15, 0.2) is 0 Å². The number of carbonyl (C=O) groups excluding carboxylic acids is 2. The van der Waals surface area contributed by atoms with E-state index in [1.165, 1.54) is 7.11 Å². The van der Waals surface area contributed by atoms with Crippen molar-refractivity contribution in [2.24, 2.45) is 13.0 Å². The number of hydrogen-bond acceptors (Lipinski definition) is 4. The monoisotopic (exact) mass is 455 g/mol. The van der Waals surface area contributed by atoms with Crippen LogP contribution in [0.15, 0.2) is 78.5 Å². The summed E-state index contributed by atoms with van der Waals surface area (Å²) >= 11 is 0. The molecule has 0 saturated carbocycles. The molecule has 34 heavy (non-hydrogen) atoms. The maximum Gasteiger partial charge on any atom is 0.334 e. The number of ether oxygens (including phenoxy) is 1. The van der Waals surface area contributed by atoms with E-state index in [4.69, 9.17) is 10.5 Å². The molecule has 1 amide bonds. The van der Waals surface area contributed by atoms with Crippen LogP contribution in [-0.4, -0.2) is 23.6 Å². The van der Waals surface area contributed by atoms with Gasteiger partial charge in [0.25, 0.3) is 5.91 Å². The van der Waals surface area contributed by atoms with Crippen LogP contribution in [-0.2, 0) is 16.6 Å². The number of hydrogen-bond donors (Lipinski definition) is 2. The summed E-state index contributed by atoms with van der Waals surface area (Å²) in [5.74, 6) is -0.401. The van der Waals surface area contributed by atoms with Gasteiger partial charge in [-0.1, -0.05) is 43.7 Å². The molecule has 0 spiro atoms. The first kappa shape index (κ1) is 23.1. The first-order chi connectivity index (χ1) is 16.4. The van der Waals surface area contributed by atoms with Gasteiger partial charge in [-0.15, -0.1) is 0 Å². The zero-order chi connectivity index (χ0) is 24.2. The second kappa shape index (κ2) is 9.83. The number of esters is 1. The smallest absolute Gasteiger partial charge is 0.334 e. The van der Waals surface area contributed by atoms with Crippen molar-refractivity contribution in [2.45, 2.75) is 19.8 Å². The molecular formula is C28H29N3O3. The summed E-state index contributed by atoms with van der Waals surface area (Å²) in [6.45, 7) is 2.10. The average Bonchev–Trinajstić information content (AvgIpc) is 3.44. The Labute approximate surface area is 199 Å². The molecule has 0 saturated heterocycles. The number of nitrogen functional groups attached to an aromatic ring is 1. The lowest BCUT2D eigenvalue weighted by atomic mass is 9.98. The number of amides is 1. The second-order valence-electron chi connectivity index (χ2n) is 8.49. The lowest BCUT2D eigenvalue weighted by Gasteiger charge is -2.09. The van der Waals surface area contributed by atoms with E-state index < -0.39 is 0 Å². The number of nitrogens with zero attached hydrogens (tertiary/aromatic N) is 1. The van der Waals surface area contributed by atoms with Gasteiger partial charge < -0.3 is 20.4 Å². The predicted octanol–water partition coefficient (Wildman–Crippen LogP) is 5.44. The lowest BCUT2D eigenvalue weighted by molar-refractivity contribution is -0.136. The fourth-order valence-electron chi connectivity index (χ4n) is 4.25. The minimum Gasteiger partial charge on any atom is -0.466 e. The fraction of sp³-hybridized carbons (Fsp3) is 0.214. The highest BCUT2D eigenvalue weighted by molar-refractivity contribution is 6.04. The summed E-state index contributed by atoms with van der Waals surface area (Å²) in [6.07, 6.45) is 7.82. The summed E-state index contributed by atoms with van der Waals surface area (Å²) in [5, 5.41) is 2.97. The molecule has 4 rings (SSSR count). The lowest BCUT2D eigenvalue weighted by Crippen LogP contribution is -2.15. The summed E-state index contributed by atoms with van der Waals surface area (Å²) < 4.78 is 6.76. The van der Waals surface area contributed by atoms with E-state index in [9.17, 15) is 9.59 Å². The van der Waals surface area contributed by atoms with Gasteiger partial charge in [0.1, 0.15) is 5.69 Å². The number of rotatable bonds is 7. The Balaban J connectivity index is 1.49. The molecule has 174 valence electrons. The number of methoxy groups -OCH3 is 1. The molecule has 1 heterocycles. The number of benzene rings is 2. The SMILES string of the molecule is CCCC1C=C(c2ccc(NC(=O)c3cc(-c4ccc(N)cc4)cn3C)cc2)C=C1C(=O)OC. The van der Waals surface area contributed by atoms with Gasteiger partial charge >= 0.3 is 5.97 Å². The van der Waals surface area contributed by atoms with E-state index in [1.54, 1.807) is 0 Å². The van der Waals surface area contributed by atoms with Crippen molar-refractivity contribution in [3.8, 4) is 11.1 Å². The molecule has 0 fully saturated rings. The first-order valence-electron chi connectivity index (χ1n) is 11.4. The van der Waals surface area contributed by atoms with Crippen LogP contribution in [0.1, 0.15) is 35.8 Å². The van der Waals surface area contributed by atoms with Crippen LogP contribution in [0.25, 0.3) is 16.7 Å². The normalized spacial score (nSPS) is 15.0. The second-order valence-corrected chi connectivity index (χ2v) is 8.49. The Kier molecular flexibility index (Phi) is 6.68. The van der Waals surface area contributed by atoms with Gasteiger partial charge in [0.05, 0.1) is 7.11 Å². The number of nitrogens with one attached hydrogen (secondary N) is 1. The highest BCUT2D eigenvalue weighted by Gasteiger charge is 2.25. The van der Waals surface area contributed by atoms with Gasteiger partial charge in [0, 0.05) is 41.7 Å². The van der Waals surface area contributed by atoms with Crippen LogP contribution in [0.2, 0.25) is 0 Å². The first-order valence-corrected chi connectivity index (χ1v) is 11.4. The van der Waals surface area contributed by atoms with Crippen LogP contribution in [0.4, 0.5) is 11.4 Å². The minimum atomic E-state index is -0.283. The third-order valence-corrected chi connectivity index (χ3v) is 6.07. The molecule has 3 N–H and O–H groups in total. The molecule has 0 bridgehead atoms. The van der Waals surface area contributed by atoms with Crippen LogP contribution < -0.4 is 11.1 Å². The summed E-state index contributed by atoms with van der Waals surface area (Å²) in [5.41, 5.74) is 12.4. The number of anilines is 2. The highest BCUT2D eigenvalue weighted by Crippen LogP contribution is 2.34. The number of allylic oxidation sites excluding steroid dienone is 3. The summed E-state index contributed by atoms with van der Waals surface area (Å²) in [6, 6.07) is 17.1. The van der Waals surface area contributed by atoms with E-state index in [-0.39, 0.29) is 17.8 Å². The van der Waals surface area contributed by atoms with E-state index in [0.29, 0.717) is 22.6 Å². The molecule has 6 heteroatoms. The Hall–Kier alpha value is -4.06. The molecule has 3 aromatic rings. The molecule has 1 aliphatic rings. The largest absolute Gasteiger partial charge is 0.466 e. The van der Waals surface area contributed by atoms with Crippen molar-refractivity contribution in [3.05, 3.63) is 89.8 Å². The van der Waals surface area contributed by atoms with Gasteiger partial charge in [-0.05, 0) is 59.5 Å². The number of carbonyl (C=O) groups is 2. The van der Waals surface area contributed by atoms with Gasteiger partial charge in [-0.3, -0.25) is 4.79 Å². The molecule has 0 aliphatic heterocycles. The predicted molar refractivity (Wildman–Crippen MR) is 136 cm³/mol. The number of nitrogens with two attached hydrogens (primary N) is 1. The number of aromatic nitrogens is 1. The van der Waals surface area contributed by atoms with Gasteiger partial charge in [0.2, 0.25) is 0 Å². The topological polar surface area (TPSA) is 86.4 Å². The van der Waals surface area contributed by atoms with Crippen molar-refractivity contribution in [1.29, 1.82) is 0 Å². The van der Waals surface area contributed by atoms with E-state index in [0.717, 1.165) is 35.1 Å². The molecule has 1 unspecified atom stereocenters. The van der Waals surface area contributed by atoms with Crippen molar-refractivity contribution >= 4 is 28.8 Å². The zero-order valence-electron chi connectivity index (χ0n) is 19.7. The quantitative estimate of drug-likeness (QED) is 0.367. The highest BCUT2D eigenvalue weighted by atomic mass is 16.5. The van der Waals surface area contributed by atoms with Crippen LogP contribution >= 0.6 is 0 Å².